The molecule has 15 N–H and O–H groups in total. The molecule has 0 bridgehead atoms. The summed E-state index contributed by atoms with van der Waals surface area (Å²) < 4.78 is 0. The molecule has 29 nitrogen and oxygen atoms in total. The molecule has 1 fully saturated rings. The SMILES string of the molecule is O=C(O)CNC(=O)NCCCCCNC(=O)NCc1ccc(CC(=O)N[C@@H](CC(=O)O)C(=O)N[C@@H](CC(=O)O)C(=O)NCCCCCNC(=S)Nc2ccc(CC3CN(CC(=O)O)CCN(CC(=O)O)CCN3CC(=O)O)cc2)cc1. The third-order valence-electron chi connectivity index (χ3n) is 12.3. The molecule has 1 saturated heterocycles. The van der Waals surface area contributed by atoms with Crippen molar-refractivity contribution in [1.82, 2.24) is 57.2 Å². The van der Waals surface area contributed by atoms with Gasteiger partial charge in [0.2, 0.25) is 17.7 Å². The number of thiocarbonyl (C=S) groups is 1. The molecule has 1 heterocycles. The number of carboxylic acids is 6. The summed E-state index contributed by atoms with van der Waals surface area (Å²) in [6.07, 6.45) is 2.02. The number of aliphatic carboxylic acids is 6. The monoisotopic (exact) mass is 1160 g/mol. The van der Waals surface area contributed by atoms with E-state index in [1.54, 1.807) is 51.1 Å². The number of carbonyl (C=O) groups is 11. The second kappa shape index (κ2) is 36.9. The molecule has 30 heteroatoms. The van der Waals surface area contributed by atoms with Crippen LogP contribution in [0.2, 0.25) is 0 Å². The average Bonchev–Trinajstić information content (AvgIpc) is 3.47. The molecule has 3 rings (SSSR count). The maximum absolute atomic E-state index is 13.3. The number of anilines is 1. The first kappa shape index (κ1) is 67.1. The molecular weight excluding hydrogens is 1080 g/mol. The zero-order chi connectivity index (χ0) is 59.7. The Kier molecular flexibility index (Phi) is 30.5. The lowest BCUT2D eigenvalue weighted by atomic mass is 10.0. The summed E-state index contributed by atoms with van der Waals surface area (Å²) in [5, 5.41) is 80.0. The van der Waals surface area contributed by atoms with Crippen molar-refractivity contribution >= 4 is 88.6 Å². The van der Waals surface area contributed by atoms with Gasteiger partial charge in [-0.25, -0.2) is 9.59 Å². The number of carboxylic acid groups (broad SMARTS) is 6. The number of hydrogen-bond acceptors (Lipinski definition) is 15. The molecule has 81 heavy (non-hydrogen) atoms. The highest BCUT2D eigenvalue weighted by molar-refractivity contribution is 7.80. The summed E-state index contributed by atoms with van der Waals surface area (Å²) in [6.45, 7) is 1.44. The fourth-order valence-corrected chi connectivity index (χ4v) is 8.51. The number of carbonyl (C=O) groups excluding carboxylic acids is 5. The van der Waals surface area contributed by atoms with Crippen LogP contribution in [0.3, 0.4) is 0 Å². The highest BCUT2D eigenvalue weighted by Crippen LogP contribution is 2.17. The Bertz CT molecular complexity index is 2450. The lowest BCUT2D eigenvalue weighted by Gasteiger charge is -2.33. The van der Waals surface area contributed by atoms with Gasteiger partial charge in [0.1, 0.15) is 18.6 Å². The predicted molar refractivity (Wildman–Crippen MR) is 294 cm³/mol. The van der Waals surface area contributed by atoms with E-state index in [9.17, 15) is 78.3 Å². The lowest BCUT2D eigenvalue weighted by molar-refractivity contribution is -0.143. The number of nitrogens with one attached hydrogen (secondary N) is 9. The third kappa shape index (κ3) is 30.1. The molecule has 0 aromatic heterocycles. The van der Waals surface area contributed by atoms with E-state index in [0.29, 0.717) is 93.1 Å². The number of nitrogens with zero attached hydrogens (tertiary/aromatic N) is 3. The van der Waals surface area contributed by atoms with Gasteiger partial charge in [-0.2, -0.15) is 0 Å². The smallest absolute Gasteiger partial charge is 0.323 e. The molecule has 2 aromatic rings. The first-order valence-corrected chi connectivity index (χ1v) is 26.6. The van der Waals surface area contributed by atoms with Crippen molar-refractivity contribution in [3.05, 3.63) is 65.2 Å². The molecule has 1 aliphatic rings. The largest absolute Gasteiger partial charge is 0.481 e. The van der Waals surface area contributed by atoms with Crippen LogP contribution in [0.4, 0.5) is 15.3 Å². The minimum Gasteiger partial charge on any atom is -0.481 e. The summed E-state index contributed by atoms with van der Waals surface area (Å²) in [5.41, 5.74) is 2.69. The Morgan fingerprint density at radius 1 is 0.494 bits per heavy atom. The summed E-state index contributed by atoms with van der Waals surface area (Å²) in [4.78, 5) is 137. The van der Waals surface area contributed by atoms with Gasteiger partial charge in [-0.15, -0.1) is 0 Å². The second-order valence-corrected chi connectivity index (χ2v) is 19.4. The van der Waals surface area contributed by atoms with Gasteiger partial charge in [0.05, 0.1) is 38.9 Å². The fraction of sp³-hybridized carbons (Fsp3) is 0.529. The fourth-order valence-electron chi connectivity index (χ4n) is 8.29. The number of hydrogen-bond donors (Lipinski definition) is 15. The van der Waals surface area contributed by atoms with Crippen LogP contribution in [0.25, 0.3) is 0 Å². The van der Waals surface area contributed by atoms with Crippen LogP contribution in [0.5, 0.6) is 0 Å². The summed E-state index contributed by atoms with van der Waals surface area (Å²) in [5.74, 6) is -9.85. The minimum absolute atomic E-state index is 0.108. The van der Waals surface area contributed by atoms with E-state index in [-0.39, 0.29) is 65.3 Å². The van der Waals surface area contributed by atoms with E-state index in [0.717, 1.165) is 5.56 Å². The molecule has 0 saturated carbocycles. The average molecular weight is 1160 g/mol. The Balaban J connectivity index is 1.39. The molecule has 2 aromatic carbocycles. The van der Waals surface area contributed by atoms with Gasteiger partial charge < -0.3 is 78.5 Å². The zero-order valence-electron chi connectivity index (χ0n) is 44.7. The van der Waals surface area contributed by atoms with Crippen LogP contribution in [-0.4, -0.2) is 219 Å². The van der Waals surface area contributed by atoms with Gasteiger partial charge >= 0.3 is 47.9 Å². The van der Waals surface area contributed by atoms with E-state index in [2.05, 4.69) is 47.9 Å². The van der Waals surface area contributed by atoms with E-state index in [1.165, 1.54) is 0 Å². The van der Waals surface area contributed by atoms with Crippen molar-refractivity contribution in [1.29, 1.82) is 0 Å². The predicted octanol–water partition coefficient (Wildman–Crippen LogP) is -1.14. The zero-order valence-corrected chi connectivity index (χ0v) is 45.6. The summed E-state index contributed by atoms with van der Waals surface area (Å²) in [6, 6.07) is 9.13. The van der Waals surface area contributed by atoms with E-state index >= 15 is 0 Å². The van der Waals surface area contributed by atoms with Crippen molar-refractivity contribution in [3.8, 4) is 0 Å². The van der Waals surface area contributed by atoms with Gasteiger partial charge in [-0.1, -0.05) is 36.4 Å². The molecule has 446 valence electrons. The number of unbranched alkanes of at least 4 members (excludes halogenated alkanes) is 4. The van der Waals surface area contributed by atoms with Gasteiger partial charge in [0.25, 0.3) is 0 Å². The number of amides is 7. The Hall–Kier alpha value is -8.22. The first-order valence-electron chi connectivity index (χ1n) is 26.2. The highest BCUT2D eigenvalue weighted by atomic mass is 32.1. The summed E-state index contributed by atoms with van der Waals surface area (Å²) >= 11 is 5.45. The van der Waals surface area contributed by atoms with Crippen LogP contribution in [0, 0.1) is 0 Å². The van der Waals surface area contributed by atoms with E-state index in [4.69, 9.17) is 17.3 Å². The van der Waals surface area contributed by atoms with Crippen molar-refractivity contribution in [2.45, 2.75) is 88.9 Å². The van der Waals surface area contributed by atoms with Crippen molar-refractivity contribution in [3.63, 3.8) is 0 Å². The van der Waals surface area contributed by atoms with Gasteiger partial charge in [-0.3, -0.25) is 57.9 Å². The topological polar surface area (TPSA) is 427 Å². The molecule has 3 atom stereocenters. The van der Waals surface area contributed by atoms with Gasteiger partial charge in [0, 0.05) is 77.2 Å². The molecule has 0 aliphatic carbocycles. The van der Waals surface area contributed by atoms with Gasteiger partial charge in [-0.05, 0) is 86.0 Å². The maximum atomic E-state index is 13.3. The van der Waals surface area contributed by atoms with Gasteiger partial charge in [0.15, 0.2) is 5.11 Å². The first-order chi connectivity index (χ1) is 38.5. The van der Waals surface area contributed by atoms with E-state index < -0.39 is 103 Å². The van der Waals surface area contributed by atoms with Crippen LogP contribution in [0.1, 0.15) is 68.1 Å². The van der Waals surface area contributed by atoms with Crippen molar-refractivity contribution in [2.75, 3.05) is 90.4 Å². The van der Waals surface area contributed by atoms with Crippen LogP contribution >= 0.6 is 12.2 Å². The molecular formula is C51H74N12O17S. The number of urea groups is 2. The maximum Gasteiger partial charge on any atom is 0.323 e. The second-order valence-electron chi connectivity index (χ2n) is 19.0. The van der Waals surface area contributed by atoms with E-state index in [1.807, 2.05) is 12.1 Å². The number of rotatable bonds is 35. The molecule has 1 aliphatic heterocycles. The minimum atomic E-state index is -1.66. The van der Waals surface area contributed by atoms with Crippen LogP contribution in [0.15, 0.2) is 48.5 Å². The van der Waals surface area contributed by atoms with Crippen LogP contribution < -0.4 is 47.9 Å². The molecule has 7 amide bonds. The Labute approximate surface area is 472 Å². The molecule has 0 radical (unpaired) electrons. The lowest BCUT2D eigenvalue weighted by Crippen LogP contribution is -2.55. The Morgan fingerprint density at radius 3 is 1.56 bits per heavy atom. The number of benzene rings is 2. The molecule has 0 spiro atoms. The third-order valence-corrected chi connectivity index (χ3v) is 12.6. The normalized spacial score (nSPS) is 14.6. The summed E-state index contributed by atoms with van der Waals surface area (Å²) in [7, 11) is 0. The van der Waals surface area contributed by atoms with Crippen molar-refractivity contribution < 1.29 is 83.4 Å². The van der Waals surface area contributed by atoms with Crippen LogP contribution in [-0.2, 0) is 62.5 Å². The van der Waals surface area contributed by atoms with Crippen molar-refractivity contribution in [2.24, 2.45) is 0 Å². The highest BCUT2D eigenvalue weighted by Gasteiger charge is 2.31. The quantitative estimate of drug-likeness (QED) is 0.0286. The Morgan fingerprint density at radius 2 is 0.988 bits per heavy atom. The standard InChI is InChI=1S/C51H74N12O17S/c64-40(24-34-7-9-35(10-8-34)27-56-49(79)53-16-4-2-5-17-54-50(80)57-28-43(69)70)59-39(26-42(67)68)48(78)60-38(25-41(65)66)47(77)52-15-3-1-6-18-55-51(81)58-36-13-11-33(12-14-36)23-37-29-62(31-45(73)74)20-19-61(30-44(71)72)21-22-63(37)32-46(75)76/h7-14,37-39H,1-6,15-32H2,(H,52,77)(H,59,64)(H,60,78)(H,65,66)(H,67,68)(H,69,70)(H,71,72)(H,73,74)(H,75,76)(H2,53,56,79)(H2,54,57,80)(H2,55,58,81)/t37?,38-,39-/m0/s1. The molecule has 1 unspecified atom stereocenters.